The summed E-state index contributed by atoms with van der Waals surface area (Å²) in [4.78, 5) is 0.0145. The summed E-state index contributed by atoms with van der Waals surface area (Å²) >= 11 is 17.0. The second-order valence-corrected chi connectivity index (χ2v) is 5.46. The van der Waals surface area contributed by atoms with E-state index >= 15 is 0 Å². The summed E-state index contributed by atoms with van der Waals surface area (Å²) in [5.41, 5.74) is 7.54. The number of hydrogen-bond donors (Lipinski definition) is 2. The Balaban J connectivity index is 2.39. The third kappa shape index (κ3) is 3.03. The fourth-order valence-corrected chi connectivity index (χ4v) is 2.34. The van der Waals surface area contributed by atoms with Crippen LogP contribution in [0.4, 0.5) is 15.8 Å². The highest BCUT2D eigenvalue weighted by atomic mass is 35.5. The van der Waals surface area contributed by atoms with Crippen molar-refractivity contribution in [2.75, 3.05) is 5.32 Å². The van der Waals surface area contributed by atoms with Gasteiger partial charge < -0.3 is 11.1 Å². The molecule has 0 spiro atoms. The van der Waals surface area contributed by atoms with Gasteiger partial charge in [0.2, 0.25) is 0 Å². The topological polar surface area (TPSA) is 38.0 Å². The first-order valence-corrected chi connectivity index (χ1v) is 6.87. The van der Waals surface area contributed by atoms with Crippen LogP contribution in [0.3, 0.4) is 0 Å². The van der Waals surface area contributed by atoms with E-state index in [9.17, 15) is 4.39 Å². The molecule has 0 aliphatic heterocycles. The molecule has 3 N–H and O–H groups in total. The average Bonchev–Trinajstić information content (AvgIpc) is 2.39. The Bertz CT molecular complexity index is 689. The Hall–Kier alpha value is -1.36. The van der Waals surface area contributed by atoms with E-state index in [1.807, 2.05) is 13.0 Å². The SMILES string of the molecule is Cc1ccc(Cl)c(Nc2ccc(C(N)=S)c(F)c2)c1Cl. The number of nitrogens with two attached hydrogens (primary N) is 1. The largest absolute Gasteiger partial charge is 0.389 e. The Labute approximate surface area is 131 Å². The molecule has 0 unspecified atom stereocenters. The first-order chi connectivity index (χ1) is 9.40. The van der Waals surface area contributed by atoms with E-state index < -0.39 is 5.82 Å². The third-order valence-electron chi connectivity index (χ3n) is 2.79. The molecule has 2 aromatic rings. The van der Waals surface area contributed by atoms with Gasteiger partial charge in [-0.2, -0.15) is 0 Å². The van der Waals surface area contributed by atoms with E-state index in [0.29, 0.717) is 21.4 Å². The Morgan fingerprint density at radius 3 is 2.55 bits per heavy atom. The first kappa shape index (κ1) is 15.0. The zero-order valence-corrected chi connectivity index (χ0v) is 12.8. The van der Waals surface area contributed by atoms with Crippen molar-refractivity contribution in [2.45, 2.75) is 6.92 Å². The van der Waals surface area contributed by atoms with Gasteiger partial charge in [0.1, 0.15) is 10.8 Å². The summed E-state index contributed by atoms with van der Waals surface area (Å²) < 4.78 is 13.8. The predicted molar refractivity (Wildman–Crippen MR) is 86.8 cm³/mol. The lowest BCUT2D eigenvalue weighted by Crippen LogP contribution is -2.11. The summed E-state index contributed by atoms with van der Waals surface area (Å²) in [6.45, 7) is 1.86. The van der Waals surface area contributed by atoms with Gasteiger partial charge in [-0.3, -0.25) is 0 Å². The maximum atomic E-state index is 13.8. The van der Waals surface area contributed by atoms with Crippen molar-refractivity contribution < 1.29 is 4.39 Å². The van der Waals surface area contributed by atoms with Crippen LogP contribution >= 0.6 is 35.4 Å². The highest BCUT2D eigenvalue weighted by Crippen LogP contribution is 2.35. The number of halogens is 3. The molecule has 0 fully saturated rings. The van der Waals surface area contributed by atoms with Crippen LogP contribution in [0.1, 0.15) is 11.1 Å². The van der Waals surface area contributed by atoms with Crippen molar-refractivity contribution in [3.63, 3.8) is 0 Å². The van der Waals surface area contributed by atoms with Crippen LogP contribution in [0.25, 0.3) is 0 Å². The molecule has 2 nitrogen and oxygen atoms in total. The van der Waals surface area contributed by atoms with E-state index in [4.69, 9.17) is 41.2 Å². The lowest BCUT2D eigenvalue weighted by Gasteiger charge is -2.13. The standard InChI is InChI=1S/C14H11Cl2FN2S/c1-7-2-5-10(15)13(12(7)16)19-8-3-4-9(14(18)20)11(17)6-8/h2-6,19H,1H3,(H2,18,20). The Morgan fingerprint density at radius 1 is 1.25 bits per heavy atom. The number of anilines is 2. The first-order valence-electron chi connectivity index (χ1n) is 5.71. The minimum Gasteiger partial charge on any atom is -0.389 e. The number of rotatable bonds is 3. The molecule has 6 heteroatoms. The molecule has 0 radical (unpaired) electrons. The minimum atomic E-state index is -0.498. The normalized spacial score (nSPS) is 10.4. The van der Waals surface area contributed by atoms with Crippen LogP contribution in [0.15, 0.2) is 30.3 Å². The fraction of sp³-hybridized carbons (Fsp3) is 0.0714. The molecule has 0 atom stereocenters. The predicted octanol–water partition coefficient (Wildman–Crippen LogP) is 4.82. The molecule has 0 aromatic heterocycles. The maximum absolute atomic E-state index is 13.8. The molecule has 0 aliphatic carbocycles. The molecule has 20 heavy (non-hydrogen) atoms. The van der Waals surface area contributed by atoms with Crippen molar-refractivity contribution in [2.24, 2.45) is 5.73 Å². The highest BCUT2D eigenvalue weighted by Gasteiger charge is 2.11. The molecule has 0 aliphatic rings. The van der Waals surface area contributed by atoms with Gasteiger partial charge in [0, 0.05) is 11.3 Å². The van der Waals surface area contributed by atoms with Gasteiger partial charge in [-0.05, 0) is 36.8 Å². The molecule has 104 valence electrons. The Kier molecular flexibility index (Phi) is 4.48. The van der Waals surface area contributed by atoms with Crippen LogP contribution in [0.5, 0.6) is 0 Å². The molecule has 0 saturated heterocycles. The van der Waals surface area contributed by atoms with Crippen LogP contribution in [0, 0.1) is 12.7 Å². The Morgan fingerprint density at radius 2 is 1.95 bits per heavy atom. The third-order valence-corrected chi connectivity index (χ3v) is 3.81. The summed E-state index contributed by atoms with van der Waals surface area (Å²) in [5.74, 6) is -0.498. The average molecular weight is 329 g/mol. The molecule has 0 bridgehead atoms. The van der Waals surface area contributed by atoms with Crippen molar-refractivity contribution in [1.29, 1.82) is 0 Å². The van der Waals surface area contributed by atoms with E-state index in [2.05, 4.69) is 5.32 Å². The van der Waals surface area contributed by atoms with Crippen LogP contribution in [0.2, 0.25) is 10.0 Å². The van der Waals surface area contributed by atoms with Gasteiger partial charge in [0.05, 0.1) is 15.7 Å². The zero-order chi connectivity index (χ0) is 14.9. The lowest BCUT2D eigenvalue weighted by molar-refractivity contribution is 0.626. The van der Waals surface area contributed by atoms with E-state index in [-0.39, 0.29) is 10.6 Å². The van der Waals surface area contributed by atoms with E-state index in [1.165, 1.54) is 12.1 Å². The molecule has 0 heterocycles. The smallest absolute Gasteiger partial charge is 0.135 e. The van der Waals surface area contributed by atoms with Crippen molar-refractivity contribution in [1.82, 2.24) is 0 Å². The molecule has 2 rings (SSSR count). The lowest BCUT2D eigenvalue weighted by atomic mass is 10.1. The van der Waals surface area contributed by atoms with Crippen LogP contribution in [-0.4, -0.2) is 4.99 Å². The summed E-state index contributed by atoms with van der Waals surface area (Å²) in [7, 11) is 0. The number of hydrogen-bond acceptors (Lipinski definition) is 2. The van der Waals surface area contributed by atoms with E-state index in [1.54, 1.807) is 12.1 Å². The highest BCUT2D eigenvalue weighted by molar-refractivity contribution is 7.80. The second-order valence-electron chi connectivity index (χ2n) is 4.24. The van der Waals surface area contributed by atoms with Gasteiger partial charge in [-0.25, -0.2) is 4.39 Å². The van der Waals surface area contributed by atoms with Crippen LogP contribution in [-0.2, 0) is 0 Å². The molecule has 0 amide bonds. The van der Waals surface area contributed by atoms with Crippen molar-refractivity contribution in [3.8, 4) is 0 Å². The quantitative estimate of drug-likeness (QED) is 0.793. The van der Waals surface area contributed by atoms with Gasteiger partial charge in [-0.1, -0.05) is 41.5 Å². The molecular formula is C14H11Cl2FN2S. The van der Waals surface area contributed by atoms with Crippen molar-refractivity contribution in [3.05, 3.63) is 57.3 Å². The number of nitrogens with one attached hydrogen (secondary N) is 1. The summed E-state index contributed by atoms with van der Waals surface area (Å²) in [5, 5.41) is 3.95. The summed E-state index contributed by atoms with van der Waals surface area (Å²) in [6, 6.07) is 8.00. The molecule has 0 saturated carbocycles. The maximum Gasteiger partial charge on any atom is 0.135 e. The van der Waals surface area contributed by atoms with Crippen LogP contribution < -0.4 is 11.1 Å². The van der Waals surface area contributed by atoms with Crippen molar-refractivity contribution >= 4 is 51.8 Å². The van der Waals surface area contributed by atoms with Gasteiger partial charge in [0.25, 0.3) is 0 Å². The zero-order valence-electron chi connectivity index (χ0n) is 10.5. The molecule has 2 aromatic carbocycles. The molecular weight excluding hydrogens is 318 g/mol. The second kappa shape index (κ2) is 5.95. The van der Waals surface area contributed by atoms with Gasteiger partial charge in [-0.15, -0.1) is 0 Å². The minimum absolute atomic E-state index is 0.0145. The monoisotopic (exact) mass is 328 g/mol. The number of benzene rings is 2. The fourth-order valence-electron chi connectivity index (χ4n) is 1.71. The number of thiocarbonyl (C=S) groups is 1. The van der Waals surface area contributed by atoms with Gasteiger partial charge >= 0.3 is 0 Å². The van der Waals surface area contributed by atoms with E-state index in [0.717, 1.165) is 5.56 Å². The number of aryl methyl sites for hydroxylation is 1. The van der Waals surface area contributed by atoms with Gasteiger partial charge in [0.15, 0.2) is 0 Å². The summed E-state index contributed by atoms with van der Waals surface area (Å²) in [6.07, 6.45) is 0.